The first kappa shape index (κ1) is 14.0. The molecule has 3 atom stereocenters. The van der Waals surface area contributed by atoms with E-state index in [0.29, 0.717) is 11.8 Å². The van der Waals surface area contributed by atoms with E-state index in [9.17, 15) is 10.2 Å². The molecule has 2 nitrogen and oxygen atoms in total. The van der Waals surface area contributed by atoms with Crippen LogP contribution in [-0.2, 0) is 0 Å². The molecule has 0 bridgehead atoms. The maximum atomic E-state index is 10.5. The van der Waals surface area contributed by atoms with E-state index in [1.807, 2.05) is 13.8 Å². The fourth-order valence-corrected chi connectivity index (χ4v) is 3.26. The molecule has 2 N–H and O–H groups in total. The van der Waals surface area contributed by atoms with Crippen molar-refractivity contribution < 1.29 is 10.2 Å². The Bertz CT molecular complexity index is 193. The number of aliphatic hydroxyl groups is 2. The first-order valence-electron chi connectivity index (χ1n) is 6.82. The zero-order valence-electron chi connectivity index (χ0n) is 11.1. The van der Waals surface area contributed by atoms with Crippen LogP contribution in [0.2, 0.25) is 0 Å². The summed E-state index contributed by atoms with van der Waals surface area (Å²) in [6.07, 6.45) is 7.58. The van der Waals surface area contributed by atoms with Gasteiger partial charge in [-0.1, -0.05) is 26.2 Å². The first-order chi connectivity index (χ1) is 7.42. The van der Waals surface area contributed by atoms with Gasteiger partial charge in [0, 0.05) is 0 Å². The molecule has 0 amide bonds. The van der Waals surface area contributed by atoms with Crippen molar-refractivity contribution >= 4 is 0 Å². The highest BCUT2D eigenvalue weighted by Gasteiger charge is 2.33. The fourth-order valence-electron chi connectivity index (χ4n) is 3.26. The molecule has 1 rings (SSSR count). The Kier molecular flexibility index (Phi) is 5.26. The van der Waals surface area contributed by atoms with Gasteiger partial charge in [0.05, 0.1) is 11.7 Å². The molecular formula is C14H28O2. The highest BCUT2D eigenvalue weighted by atomic mass is 16.3. The molecule has 0 spiro atoms. The molecule has 16 heavy (non-hydrogen) atoms. The molecule has 0 aromatic carbocycles. The van der Waals surface area contributed by atoms with Crippen LogP contribution in [0.15, 0.2) is 0 Å². The lowest BCUT2D eigenvalue weighted by molar-refractivity contribution is -0.0380. The summed E-state index contributed by atoms with van der Waals surface area (Å²) in [5, 5.41) is 19.9. The van der Waals surface area contributed by atoms with Crippen molar-refractivity contribution in [1.82, 2.24) is 0 Å². The summed E-state index contributed by atoms with van der Waals surface area (Å²) in [4.78, 5) is 0. The molecule has 2 heteroatoms. The number of hydrogen-bond acceptors (Lipinski definition) is 2. The first-order valence-corrected chi connectivity index (χ1v) is 6.82. The standard InChI is InChI=1S/C14H28O2/c1-11(9-12(2)15)10-14(3,16)13-7-5-4-6-8-13/h11-13,15-16H,4-10H2,1-3H3. The van der Waals surface area contributed by atoms with Gasteiger partial charge in [0.25, 0.3) is 0 Å². The molecule has 1 aliphatic rings. The molecule has 96 valence electrons. The van der Waals surface area contributed by atoms with Gasteiger partial charge in [0.2, 0.25) is 0 Å². The van der Waals surface area contributed by atoms with Gasteiger partial charge >= 0.3 is 0 Å². The fraction of sp³-hybridized carbons (Fsp3) is 1.00. The molecule has 0 aromatic rings. The largest absolute Gasteiger partial charge is 0.393 e. The minimum absolute atomic E-state index is 0.253. The molecule has 0 heterocycles. The van der Waals surface area contributed by atoms with Crippen molar-refractivity contribution in [2.24, 2.45) is 11.8 Å². The normalized spacial score (nSPS) is 26.1. The summed E-state index contributed by atoms with van der Waals surface area (Å²) in [6.45, 7) is 5.94. The van der Waals surface area contributed by atoms with Crippen molar-refractivity contribution in [1.29, 1.82) is 0 Å². The summed E-state index contributed by atoms with van der Waals surface area (Å²) in [7, 11) is 0. The quantitative estimate of drug-likeness (QED) is 0.759. The molecule has 0 radical (unpaired) electrons. The third-order valence-electron chi connectivity index (χ3n) is 3.99. The van der Waals surface area contributed by atoms with E-state index in [1.165, 1.54) is 32.1 Å². The van der Waals surface area contributed by atoms with Crippen LogP contribution in [-0.4, -0.2) is 21.9 Å². The Morgan fingerprint density at radius 1 is 1.19 bits per heavy atom. The third kappa shape index (κ3) is 4.42. The molecule has 0 aliphatic heterocycles. The van der Waals surface area contributed by atoms with E-state index < -0.39 is 5.60 Å². The van der Waals surface area contributed by atoms with E-state index in [0.717, 1.165) is 12.8 Å². The summed E-state index contributed by atoms with van der Waals surface area (Å²) in [5.74, 6) is 0.870. The van der Waals surface area contributed by atoms with Crippen molar-refractivity contribution in [3.8, 4) is 0 Å². The Morgan fingerprint density at radius 3 is 2.25 bits per heavy atom. The van der Waals surface area contributed by atoms with E-state index in [2.05, 4.69) is 6.92 Å². The van der Waals surface area contributed by atoms with Crippen LogP contribution in [0.25, 0.3) is 0 Å². The highest BCUT2D eigenvalue weighted by Crippen LogP contribution is 2.36. The van der Waals surface area contributed by atoms with Crippen LogP contribution >= 0.6 is 0 Å². The lowest BCUT2D eigenvalue weighted by Crippen LogP contribution is -2.37. The molecule has 0 aromatic heterocycles. The van der Waals surface area contributed by atoms with Gasteiger partial charge in [-0.3, -0.25) is 0 Å². The second-order valence-electron chi connectivity index (χ2n) is 6.09. The van der Waals surface area contributed by atoms with Gasteiger partial charge in [-0.15, -0.1) is 0 Å². The minimum Gasteiger partial charge on any atom is -0.393 e. The Labute approximate surface area is 100 Å². The van der Waals surface area contributed by atoms with Crippen molar-refractivity contribution in [2.45, 2.75) is 77.4 Å². The SMILES string of the molecule is CC(O)CC(C)CC(C)(O)C1CCCCC1. The van der Waals surface area contributed by atoms with Crippen LogP contribution in [0, 0.1) is 11.8 Å². The van der Waals surface area contributed by atoms with Crippen LogP contribution in [0.1, 0.15) is 65.7 Å². The average Bonchev–Trinajstić information content (AvgIpc) is 2.16. The Hall–Kier alpha value is -0.0800. The zero-order chi connectivity index (χ0) is 12.2. The van der Waals surface area contributed by atoms with Gasteiger partial charge in [0.15, 0.2) is 0 Å². The van der Waals surface area contributed by atoms with Gasteiger partial charge in [-0.25, -0.2) is 0 Å². The van der Waals surface area contributed by atoms with Gasteiger partial charge in [0.1, 0.15) is 0 Å². The Balaban J connectivity index is 2.42. The number of hydrogen-bond donors (Lipinski definition) is 2. The highest BCUT2D eigenvalue weighted by molar-refractivity contribution is 4.85. The van der Waals surface area contributed by atoms with Crippen LogP contribution < -0.4 is 0 Å². The topological polar surface area (TPSA) is 40.5 Å². The van der Waals surface area contributed by atoms with Crippen molar-refractivity contribution in [2.75, 3.05) is 0 Å². The van der Waals surface area contributed by atoms with Crippen LogP contribution in [0.3, 0.4) is 0 Å². The molecule has 1 aliphatic carbocycles. The van der Waals surface area contributed by atoms with E-state index in [-0.39, 0.29) is 6.10 Å². The van der Waals surface area contributed by atoms with Gasteiger partial charge < -0.3 is 10.2 Å². The van der Waals surface area contributed by atoms with Crippen LogP contribution in [0.5, 0.6) is 0 Å². The molecule has 1 saturated carbocycles. The monoisotopic (exact) mass is 228 g/mol. The zero-order valence-corrected chi connectivity index (χ0v) is 11.1. The molecular weight excluding hydrogens is 200 g/mol. The predicted octanol–water partition coefficient (Wildman–Crippen LogP) is 3.11. The third-order valence-corrected chi connectivity index (χ3v) is 3.99. The van der Waals surface area contributed by atoms with Crippen molar-refractivity contribution in [3.63, 3.8) is 0 Å². The van der Waals surface area contributed by atoms with Crippen LogP contribution in [0.4, 0.5) is 0 Å². The summed E-state index contributed by atoms with van der Waals surface area (Å²) in [5.41, 5.74) is -0.533. The van der Waals surface area contributed by atoms with E-state index >= 15 is 0 Å². The summed E-state index contributed by atoms with van der Waals surface area (Å²) < 4.78 is 0. The lowest BCUT2D eigenvalue weighted by Gasteiger charge is -2.37. The number of rotatable bonds is 5. The number of aliphatic hydroxyl groups excluding tert-OH is 1. The second-order valence-corrected chi connectivity index (χ2v) is 6.09. The van der Waals surface area contributed by atoms with E-state index in [1.54, 1.807) is 0 Å². The molecule has 3 unspecified atom stereocenters. The lowest BCUT2D eigenvalue weighted by atomic mass is 9.73. The Morgan fingerprint density at radius 2 is 1.75 bits per heavy atom. The summed E-state index contributed by atoms with van der Waals surface area (Å²) in [6, 6.07) is 0. The smallest absolute Gasteiger partial charge is 0.0650 e. The minimum atomic E-state index is -0.533. The molecule has 1 fully saturated rings. The average molecular weight is 228 g/mol. The maximum absolute atomic E-state index is 10.5. The molecule has 0 saturated heterocycles. The maximum Gasteiger partial charge on any atom is 0.0650 e. The van der Waals surface area contributed by atoms with E-state index in [4.69, 9.17) is 0 Å². The van der Waals surface area contributed by atoms with Crippen molar-refractivity contribution in [3.05, 3.63) is 0 Å². The van der Waals surface area contributed by atoms with Gasteiger partial charge in [-0.05, 0) is 51.4 Å². The predicted molar refractivity (Wildman–Crippen MR) is 67.3 cm³/mol. The second kappa shape index (κ2) is 6.02. The van der Waals surface area contributed by atoms with Gasteiger partial charge in [-0.2, -0.15) is 0 Å². The summed E-state index contributed by atoms with van der Waals surface area (Å²) >= 11 is 0.